The van der Waals surface area contributed by atoms with Crippen LogP contribution in [0.25, 0.3) is 0 Å². The van der Waals surface area contributed by atoms with Gasteiger partial charge in [0.2, 0.25) is 0 Å². The van der Waals surface area contributed by atoms with Gasteiger partial charge in [-0.2, -0.15) is 0 Å². The third-order valence-electron chi connectivity index (χ3n) is 4.61. The van der Waals surface area contributed by atoms with E-state index in [1.807, 2.05) is 18.2 Å². The molecular formula is C19H19ClFNO2. The molecule has 3 rings (SSSR count). The summed E-state index contributed by atoms with van der Waals surface area (Å²) in [5, 5.41) is 2.99. The van der Waals surface area contributed by atoms with Gasteiger partial charge in [-0.1, -0.05) is 48.0 Å². The summed E-state index contributed by atoms with van der Waals surface area (Å²) in [6.45, 7) is 1.71. The number of ether oxygens (including phenoxy) is 1. The minimum absolute atomic E-state index is 0.102. The van der Waals surface area contributed by atoms with Crippen LogP contribution >= 0.6 is 11.6 Å². The Morgan fingerprint density at radius 2 is 1.83 bits per heavy atom. The fourth-order valence-electron chi connectivity index (χ4n) is 3.17. The Kier molecular flexibility index (Phi) is 5.17. The maximum Gasteiger partial charge on any atom is 0.255 e. The normalized spacial score (nSPS) is 16.6. The van der Waals surface area contributed by atoms with Crippen molar-refractivity contribution in [3.05, 3.63) is 70.5 Å². The molecule has 5 heteroatoms. The number of carbonyl (C=O) groups excluding carboxylic acids is 1. The van der Waals surface area contributed by atoms with Crippen molar-refractivity contribution in [3.8, 4) is 0 Å². The molecule has 1 N–H and O–H groups in total. The number of halogens is 2. The van der Waals surface area contributed by atoms with Gasteiger partial charge >= 0.3 is 0 Å². The first kappa shape index (κ1) is 16.9. The lowest BCUT2D eigenvalue weighted by atomic mass is 9.74. The maximum atomic E-state index is 13.9. The van der Waals surface area contributed by atoms with Crippen LogP contribution in [0.4, 0.5) is 4.39 Å². The molecule has 24 heavy (non-hydrogen) atoms. The Morgan fingerprint density at radius 3 is 2.50 bits per heavy atom. The summed E-state index contributed by atoms with van der Waals surface area (Å²) >= 11 is 5.98. The Morgan fingerprint density at radius 1 is 1.12 bits per heavy atom. The van der Waals surface area contributed by atoms with Crippen molar-refractivity contribution in [2.75, 3.05) is 19.8 Å². The van der Waals surface area contributed by atoms with Crippen LogP contribution in [-0.2, 0) is 10.2 Å². The van der Waals surface area contributed by atoms with Crippen LogP contribution < -0.4 is 5.32 Å². The Bertz CT molecular complexity index is 694. The second-order valence-electron chi connectivity index (χ2n) is 6.04. The van der Waals surface area contributed by atoms with Gasteiger partial charge in [0.1, 0.15) is 5.82 Å². The molecule has 0 radical (unpaired) electrons. The second kappa shape index (κ2) is 7.32. The van der Waals surface area contributed by atoms with E-state index < -0.39 is 11.7 Å². The fourth-order valence-corrected chi connectivity index (χ4v) is 3.42. The van der Waals surface area contributed by atoms with Crippen molar-refractivity contribution in [2.24, 2.45) is 0 Å². The smallest absolute Gasteiger partial charge is 0.255 e. The molecule has 2 aromatic rings. The number of benzene rings is 2. The number of rotatable bonds is 4. The zero-order chi connectivity index (χ0) is 17.0. The number of nitrogens with one attached hydrogen (secondary N) is 1. The molecule has 0 atom stereocenters. The van der Waals surface area contributed by atoms with Crippen LogP contribution in [0.15, 0.2) is 48.5 Å². The van der Waals surface area contributed by atoms with Crippen molar-refractivity contribution in [1.82, 2.24) is 5.32 Å². The summed E-state index contributed by atoms with van der Waals surface area (Å²) in [5.74, 6) is -1.10. The van der Waals surface area contributed by atoms with Crippen LogP contribution in [0.3, 0.4) is 0 Å². The van der Waals surface area contributed by atoms with E-state index in [0.717, 1.165) is 18.4 Å². The zero-order valence-corrected chi connectivity index (χ0v) is 14.0. The molecule has 0 saturated carbocycles. The Labute approximate surface area is 145 Å². The lowest BCUT2D eigenvalue weighted by molar-refractivity contribution is 0.0487. The minimum atomic E-state index is -0.610. The highest BCUT2D eigenvalue weighted by atomic mass is 35.5. The number of amides is 1. The topological polar surface area (TPSA) is 38.3 Å². The lowest BCUT2D eigenvalue weighted by Crippen LogP contribution is -2.44. The van der Waals surface area contributed by atoms with E-state index in [1.165, 1.54) is 18.2 Å². The minimum Gasteiger partial charge on any atom is -0.381 e. The van der Waals surface area contributed by atoms with Crippen molar-refractivity contribution < 1.29 is 13.9 Å². The van der Waals surface area contributed by atoms with Gasteiger partial charge in [-0.25, -0.2) is 4.39 Å². The summed E-state index contributed by atoms with van der Waals surface area (Å²) in [5.41, 5.74) is 0.857. The summed E-state index contributed by atoms with van der Waals surface area (Å²) in [7, 11) is 0. The van der Waals surface area contributed by atoms with Crippen LogP contribution in [0, 0.1) is 5.82 Å². The molecule has 0 aromatic heterocycles. The van der Waals surface area contributed by atoms with Gasteiger partial charge in [-0.05, 0) is 30.5 Å². The largest absolute Gasteiger partial charge is 0.381 e. The third-order valence-corrected chi connectivity index (χ3v) is 4.93. The standard InChI is InChI=1S/C19H19ClFNO2/c20-15-7-4-8-16(21)17(15)18(23)22-13-19(9-11-24-12-10-19)14-5-2-1-3-6-14/h1-8H,9-13H2,(H,22,23). The summed E-state index contributed by atoms with van der Waals surface area (Å²) < 4.78 is 19.4. The average Bonchev–Trinajstić information content (AvgIpc) is 2.61. The van der Waals surface area contributed by atoms with Gasteiger partial charge in [-0.15, -0.1) is 0 Å². The van der Waals surface area contributed by atoms with E-state index in [2.05, 4.69) is 17.4 Å². The maximum absolute atomic E-state index is 13.9. The molecule has 1 saturated heterocycles. The van der Waals surface area contributed by atoms with Crippen molar-refractivity contribution in [3.63, 3.8) is 0 Å². The first-order chi connectivity index (χ1) is 11.6. The van der Waals surface area contributed by atoms with Crippen molar-refractivity contribution in [2.45, 2.75) is 18.3 Å². The summed E-state index contributed by atoms with van der Waals surface area (Å²) in [6.07, 6.45) is 1.62. The van der Waals surface area contributed by atoms with Gasteiger partial charge in [0.15, 0.2) is 0 Å². The fraction of sp³-hybridized carbons (Fsp3) is 0.316. The Balaban J connectivity index is 1.81. The molecule has 0 unspecified atom stereocenters. The van der Waals surface area contributed by atoms with E-state index in [1.54, 1.807) is 0 Å². The van der Waals surface area contributed by atoms with E-state index in [9.17, 15) is 9.18 Å². The zero-order valence-electron chi connectivity index (χ0n) is 13.2. The van der Waals surface area contributed by atoms with Crippen LogP contribution in [-0.4, -0.2) is 25.7 Å². The monoisotopic (exact) mass is 347 g/mol. The highest BCUT2D eigenvalue weighted by Gasteiger charge is 2.35. The summed E-state index contributed by atoms with van der Waals surface area (Å²) in [6, 6.07) is 14.3. The van der Waals surface area contributed by atoms with E-state index in [-0.39, 0.29) is 16.0 Å². The van der Waals surface area contributed by atoms with Gasteiger partial charge in [0.25, 0.3) is 5.91 Å². The molecule has 1 aliphatic heterocycles. The molecule has 0 aliphatic carbocycles. The third kappa shape index (κ3) is 3.45. The summed E-state index contributed by atoms with van der Waals surface area (Å²) in [4.78, 5) is 12.4. The molecular weight excluding hydrogens is 329 g/mol. The molecule has 3 nitrogen and oxygen atoms in total. The second-order valence-corrected chi connectivity index (χ2v) is 6.45. The van der Waals surface area contributed by atoms with Gasteiger partial charge < -0.3 is 10.1 Å². The van der Waals surface area contributed by atoms with Crippen LogP contribution in [0.2, 0.25) is 5.02 Å². The highest BCUT2D eigenvalue weighted by Crippen LogP contribution is 2.34. The first-order valence-corrected chi connectivity index (χ1v) is 8.36. The molecule has 1 heterocycles. The van der Waals surface area contributed by atoms with Crippen molar-refractivity contribution in [1.29, 1.82) is 0 Å². The van der Waals surface area contributed by atoms with E-state index in [4.69, 9.17) is 16.3 Å². The molecule has 2 aromatic carbocycles. The SMILES string of the molecule is O=C(NCC1(c2ccccc2)CCOCC1)c1c(F)cccc1Cl. The first-order valence-electron chi connectivity index (χ1n) is 7.98. The predicted molar refractivity (Wildman–Crippen MR) is 91.9 cm³/mol. The number of carbonyl (C=O) groups is 1. The molecule has 0 bridgehead atoms. The molecule has 0 spiro atoms. The number of hydrogen-bond acceptors (Lipinski definition) is 2. The quantitative estimate of drug-likeness (QED) is 0.909. The van der Waals surface area contributed by atoms with Gasteiger partial charge in [0, 0.05) is 25.2 Å². The highest BCUT2D eigenvalue weighted by molar-refractivity contribution is 6.33. The van der Waals surface area contributed by atoms with Gasteiger partial charge in [-0.3, -0.25) is 4.79 Å². The van der Waals surface area contributed by atoms with Crippen molar-refractivity contribution >= 4 is 17.5 Å². The van der Waals surface area contributed by atoms with E-state index >= 15 is 0 Å². The Hall–Kier alpha value is -1.91. The van der Waals surface area contributed by atoms with Crippen LogP contribution in [0.1, 0.15) is 28.8 Å². The van der Waals surface area contributed by atoms with Crippen LogP contribution in [0.5, 0.6) is 0 Å². The molecule has 1 amide bonds. The number of hydrogen-bond donors (Lipinski definition) is 1. The average molecular weight is 348 g/mol. The molecule has 1 fully saturated rings. The molecule has 1 aliphatic rings. The van der Waals surface area contributed by atoms with E-state index in [0.29, 0.717) is 19.8 Å². The lowest BCUT2D eigenvalue weighted by Gasteiger charge is -2.38. The predicted octanol–water partition coefficient (Wildman–Crippen LogP) is 3.96. The van der Waals surface area contributed by atoms with Gasteiger partial charge in [0.05, 0.1) is 10.6 Å². The molecule has 126 valence electrons.